The summed E-state index contributed by atoms with van der Waals surface area (Å²) in [6.45, 7) is 4.06. The van der Waals surface area contributed by atoms with Crippen molar-refractivity contribution < 1.29 is 4.74 Å². The molecule has 0 amide bonds. The van der Waals surface area contributed by atoms with E-state index >= 15 is 0 Å². The summed E-state index contributed by atoms with van der Waals surface area (Å²) in [6, 6.07) is 11.7. The van der Waals surface area contributed by atoms with Gasteiger partial charge in [0.25, 0.3) is 0 Å². The summed E-state index contributed by atoms with van der Waals surface area (Å²) >= 11 is 3.37. The fraction of sp³-hybridized carbons (Fsp3) is 0.143. The first-order chi connectivity index (χ1) is 8.06. The maximum absolute atomic E-state index is 5.90. The predicted octanol–water partition coefficient (Wildman–Crippen LogP) is 4.44. The highest BCUT2D eigenvalue weighted by Crippen LogP contribution is 2.31. The summed E-state index contributed by atoms with van der Waals surface area (Å²) in [4.78, 5) is 0. The van der Waals surface area contributed by atoms with Crippen LogP contribution in [-0.4, -0.2) is 0 Å². The standard InChI is InChI=1S/C14H14BrNO/c1-9-3-4-10(2)14(7-9)17-13-6-5-11(15)8-12(13)16/h3-8H,16H2,1-2H3. The van der Waals surface area contributed by atoms with Crippen LogP contribution in [0, 0.1) is 13.8 Å². The van der Waals surface area contributed by atoms with Crippen LogP contribution in [0.5, 0.6) is 11.5 Å². The van der Waals surface area contributed by atoms with Crippen LogP contribution in [-0.2, 0) is 0 Å². The van der Waals surface area contributed by atoms with Crippen LogP contribution in [0.4, 0.5) is 5.69 Å². The summed E-state index contributed by atoms with van der Waals surface area (Å²) in [5.41, 5.74) is 8.79. The van der Waals surface area contributed by atoms with Gasteiger partial charge in [-0.25, -0.2) is 0 Å². The maximum Gasteiger partial charge on any atom is 0.150 e. The van der Waals surface area contributed by atoms with Gasteiger partial charge in [0.2, 0.25) is 0 Å². The van der Waals surface area contributed by atoms with E-state index in [4.69, 9.17) is 10.5 Å². The predicted molar refractivity (Wildman–Crippen MR) is 74.5 cm³/mol. The van der Waals surface area contributed by atoms with E-state index in [0.717, 1.165) is 15.8 Å². The van der Waals surface area contributed by atoms with Crippen molar-refractivity contribution in [1.29, 1.82) is 0 Å². The highest BCUT2D eigenvalue weighted by Gasteiger charge is 2.05. The Morgan fingerprint density at radius 3 is 2.47 bits per heavy atom. The summed E-state index contributed by atoms with van der Waals surface area (Å²) in [5.74, 6) is 1.53. The Kier molecular flexibility index (Phi) is 3.38. The zero-order valence-electron chi connectivity index (χ0n) is 9.83. The zero-order chi connectivity index (χ0) is 12.4. The van der Waals surface area contributed by atoms with Gasteiger partial charge in [-0.1, -0.05) is 28.1 Å². The van der Waals surface area contributed by atoms with Gasteiger partial charge in [-0.3, -0.25) is 0 Å². The van der Waals surface area contributed by atoms with E-state index in [-0.39, 0.29) is 0 Å². The lowest BCUT2D eigenvalue weighted by atomic mass is 10.1. The molecule has 0 aliphatic heterocycles. The van der Waals surface area contributed by atoms with E-state index in [0.29, 0.717) is 11.4 Å². The molecule has 2 nitrogen and oxygen atoms in total. The maximum atomic E-state index is 5.90. The molecule has 17 heavy (non-hydrogen) atoms. The molecule has 0 heterocycles. The van der Waals surface area contributed by atoms with Crippen molar-refractivity contribution >= 4 is 21.6 Å². The molecule has 2 aromatic carbocycles. The molecule has 88 valence electrons. The number of ether oxygens (including phenoxy) is 1. The molecule has 0 saturated heterocycles. The monoisotopic (exact) mass is 291 g/mol. The van der Waals surface area contributed by atoms with Gasteiger partial charge < -0.3 is 10.5 Å². The van der Waals surface area contributed by atoms with Crippen molar-refractivity contribution in [3.8, 4) is 11.5 Å². The van der Waals surface area contributed by atoms with Crippen molar-refractivity contribution in [2.45, 2.75) is 13.8 Å². The Balaban J connectivity index is 2.34. The van der Waals surface area contributed by atoms with Crippen molar-refractivity contribution in [2.75, 3.05) is 5.73 Å². The second-order valence-electron chi connectivity index (χ2n) is 4.05. The van der Waals surface area contributed by atoms with E-state index in [1.165, 1.54) is 5.56 Å². The molecule has 0 bridgehead atoms. The van der Waals surface area contributed by atoms with Crippen LogP contribution in [0.15, 0.2) is 40.9 Å². The molecular formula is C14H14BrNO. The van der Waals surface area contributed by atoms with Gasteiger partial charge in [-0.05, 0) is 49.2 Å². The normalized spacial score (nSPS) is 10.3. The van der Waals surface area contributed by atoms with E-state index in [2.05, 4.69) is 22.0 Å². The number of halogens is 1. The lowest BCUT2D eigenvalue weighted by Crippen LogP contribution is -1.93. The van der Waals surface area contributed by atoms with Gasteiger partial charge in [0.05, 0.1) is 5.69 Å². The first kappa shape index (κ1) is 12.0. The van der Waals surface area contributed by atoms with Crippen molar-refractivity contribution in [2.24, 2.45) is 0 Å². The van der Waals surface area contributed by atoms with Gasteiger partial charge in [0.15, 0.2) is 0 Å². The number of rotatable bonds is 2. The highest BCUT2D eigenvalue weighted by atomic mass is 79.9. The molecule has 0 aliphatic rings. The fourth-order valence-electron chi connectivity index (χ4n) is 1.55. The highest BCUT2D eigenvalue weighted by molar-refractivity contribution is 9.10. The minimum absolute atomic E-state index is 0.625. The largest absolute Gasteiger partial charge is 0.455 e. The summed E-state index contributed by atoms with van der Waals surface area (Å²) < 4.78 is 6.78. The number of nitrogens with two attached hydrogens (primary N) is 1. The molecule has 0 saturated carbocycles. The lowest BCUT2D eigenvalue weighted by molar-refractivity contribution is 0.481. The molecular weight excluding hydrogens is 278 g/mol. The molecule has 3 heteroatoms. The van der Waals surface area contributed by atoms with Crippen LogP contribution in [0.2, 0.25) is 0 Å². The summed E-state index contributed by atoms with van der Waals surface area (Å²) in [5, 5.41) is 0. The van der Waals surface area contributed by atoms with Crippen LogP contribution < -0.4 is 10.5 Å². The zero-order valence-corrected chi connectivity index (χ0v) is 11.4. The van der Waals surface area contributed by atoms with Crippen LogP contribution >= 0.6 is 15.9 Å². The number of nitrogen functional groups attached to an aromatic ring is 1. The number of aryl methyl sites for hydroxylation is 2. The van der Waals surface area contributed by atoms with E-state index in [1.807, 2.05) is 44.2 Å². The topological polar surface area (TPSA) is 35.2 Å². The Hall–Kier alpha value is -1.48. The second kappa shape index (κ2) is 4.80. The fourth-order valence-corrected chi connectivity index (χ4v) is 1.93. The molecule has 2 rings (SSSR count). The van der Waals surface area contributed by atoms with E-state index in [9.17, 15) is 0 Å². The SMILES string of the molecule is Cc1ccc(C)c(Oc2ccc(Br)cc2N)c1. The van der Waals surface area contributed by atoms with Crippen molar-refractivity contribution in [1.82, 2.24) is 0 Å². The minimum Gasteiger partial charge on any atom is -0.455 e. The average molecular weight is 292 g/mol. The van der Waals surface area contributed by atoms with Gasteiger partial charge in [-0.15, -0.1) is 0 Å². The summed E-state index contributed by atoms with van der Waals surface area (Å²) in [6.07, 6.45) is 0. The second-order valence-corrected chi connectivity index (χ2v) is 4.97. The number of anilines is 1. The lowest BCUT2D eigenvalue weighted by Gasteiger charge is -2.11. The van der Waals surface area contributed by atoms with Crippen LogP contribution in [0.25, 0.3) is 0 Å². The van der Waals surface area contributed by atoms with Gasteiger partial charge >= 0.3 is 0 Å². The van der Waals surface area contributed by atoms with Crippen molar-refractivity contribution in [3.63, 3.8) is 0 Å². The van der Waals surface area contributed by atoms with Crippen LogP contribution in [0.3, 0.4) is 0 Å². The molecule has 0 aliphatic carbocycles. The Bertz CT molecular complexity index is 552. The first-order valence-electron chi connectivity index (χ1n) is 5.36. The number of benzene rings is 2. The Labute approximate surface area is 110 Å². The molecule has 0 unspecified atom stereocenters. The molecule has 0 radical (unpaired) electrons. The molecule has 0 fully saturated rings. The molecule has 2 aromatic rings. The third-order valence-electron chi connectivity index (χ3n) is 2.54. The Morgan fingerprint density at radius 2 is 1.76 bits per heavy atom. The third kappa shape index (κ3) is 2.80. The quantitative estimate of drug-likeness (QED) is 0.830. The van der Waals surface area contributed by atoms with Crippen LogP contribution in [0.1, 0.15) is 11.1 Å². The average Bonchev–Trinajstić information content (AvgIpc) is 2.27. The number of hydrogen-bond acceptors (Lipinski definition) is 2. The van der Waals surface area contributed by atoms with E-state index < -0.39 is 0 Å². The van der Waals surface area contributed by atoms with Gasteiger partial charge in [-0.2, -0.15) is 0 Å². The Morgan fingerprint density at radius 1 is 1.00 bits per heavy atom. The smallest absolute Gasteiger partial charge is 0.150 e. The molecule has 2 N–H and O–H groups in total. The molecule has 0 aromatic heterocycles. The number of hydrogen-bond donors (Lipinski definition) is 1. The summed E-state index contributed by atoms with van der Waals surface area (Å²) in [7, 11) is 0. The molecule has 0 spiro atoms. The van der Waals surface area contributed by atoms with Gasteiger partial charge in [0, 0.05) is 4.47 Å². The molecule has 0 atom stereocenters. The minimum atomic E-state index is 0.625. The van der Waals surface area contributed by atoms with Gasteiger partial charge in [0.1, 0.15) is 11.5 Å². The van der Waals surface area contributed by atoms with E-state index in [1.54, 1.807) is 0 Å². The first-order valence-corrected chi connectivity index (χ1v) is 6.15. The third-order valence-corrected chi connectivity index (χ3v) is 3.03. The van der Waals surface area contributed by atoms with Crippen molar-refractivity contribution in [3.05, 3.63) is 52.0 Å².